The number of nitrogens with zero attached hydrogens (tertiary/aromatic N) is 1. The van der Waals surface area contributed by atoms with Crippen molar-refractivity contribution in [1.29, 1.82) is 0 Å². The molecule has 0 radical (unpaired) electrons. The molecule has 1 aromatic carbocycles. The van der Waals surface area contributed by atoms with Crippen LogP contribution in [0.4, 0.5) is 0 Å². The molecule has 2 N–H and O–H groups in total. The van der Waals surface area contributed by atoms with E-state index >= 15 is 0 Å². The lowest BCUT2D eigenvalue weighted by Gasteiger charge is -2.31. The van der Waals surface area contributed by atoms with Crippen molar-refractivity contribution in [3.8, 4) is 0 Å². The lowest BCUT2D eigenvalue weighted by molar-refractivity contribution is -0.133. The van der Waals surface area contributed by atoms with Crippen molar-refractivity contribution in [2.75, 3.05) is 6.54 Å². The van der Waals surface area contributed by atoms with E-state index in [2.05, 4.69) is 13.8 Å². The Bertz CT molecular complexity index is 473. The molecule has 0 aromatic heterocycles. The summed E-state index contributed by atoms with van der Waals surface area (Å²) in [5.74, 6) is 0.491. The zero-order valence-corrected chi connectivity index (χ0v) is 12.3. The van der Waals surface area contributed by atoms with Crippen LogP contribution in [0, 0.1) is 5.92 Å². The van der Waals surface area contributed by atoms with Crippen LogP contribution < -0.4 is 5.73 Å². The van der Waals surface area contributed by atoms with Gasteiger partial charge in [0, 0.05) is 18.1 Å². The van der Waals surface area contributed by atoms with Gasteiger partial charge in [0.05, 0.1) is 6.04 Å². The molecule has 104 valence electrons. The first kappa shape index (κ1) is 14.4. The number of hydrogen-bond acceptors (Lipinski definition) is 2. The van der Waals surface area contributed by atoms with E-state index in [0.717, 1.165) is 23.4 Å². The summed E-state index contributed by atoms with van der Waals surface area (Å²) in [5, 5.41) is 0.802. The number of fused-ring (bicyclic) bond motifs is 1. The Hall–Kier alpha value is -1.06. The molecule has 1 amide bonds. The van der Waals surface area contributed by atoms with Crippen molar-refractivity contribution in [2.45, 2.75) is 39.3 Å². The third kappa shape index (κ3) is 3.28. The Morgan fingerprint density at radius 2 is 2.21 bits per heavy atom. The van der Waals surface area contributed by atoms with Gasteiger partial charge >= 0.3 is 0 Å². The van der Waals surface area contributed by atoms with Crippen molar-refractivity contribution < 1.29 is 4.79 Å². The van der Waals surface area contributed by atoms with Crippen LogP contribution >= 0.6 is 11.6 Å². The summed E-state index contributed by atoms with van der Waals surface area (Å²) in [6.07, 6.45) is 1.55. The SMILES string of the molecule is CC(C)C[C@H](N)C(=O)N1CCc2c(Cl)cccc2C1. The summed E-state index contributed by atoms with van der Waals surface area (Å²) in [7, 11) is 0. The molecule has 0 saturated heterocycles. The minimum Gasteiger partial charge on any atom is -0.337 e. The number of rotatable bonds is 3. The highest BCUT2D eigenvalue weighted by Gasteiger charge is 2.26. The molecule has 0 fully saturated rings. The maximum absolute atomic E-state index is 12.3. The first-order valence-corrected chi connectivity index (χ1v) is 7.17. The largest absolute Gasteiger partial charge is 0.337 e. The zero-order chi connectivity index (χ0) is 14.0. The van der Waals surface area contributed by atoms with Crippen LogP contribution in [-0.2, 0) is 17.8 Å². The number of nitrogens with two attached hydrogens (primary N) is 1. The van der Waals surface area contributed by atoms with E-state index in [1.165, 1.54) is 5.56 Å². The predicted octanol–water partition coefficient (Wildman–Crippen LogP) is 2.60. The number of amides is 1. The number of benzene rings is 1. The third-order valence-corrected chi connectivity index (χ3v) is 3.92. The second-order valence-corrected chi connectivity index (χ2v) is 6.03. The summed E-state index contributed by atoms with van der Waals surface area (Å²) in [4.78, 5) is 14.1. The van der Waals surface area contributed by atoms with Crippen molar-refractivity contribution >= 4 is 17.5 Å². The van der Waals surface area contributed by atoms with Crippen molar-refractivity contribution in [3.63, 3.8) is 0 Å². The lowest BCUT2D eigenvalue weighted by atomic mass is 9.98. The van der Waals surface area contributed by atoms with E-state index < -0.39 is 0 Å². The highest BCUT2D eigenvalue weighted by molar-refractivity contribution is 6.31. The average Bonchev–Trinajstić information content (AvgIpc) is 2.37. The Kier molecular flexibility index (Phi) is 4.48. The van der Waals surface area contributed by atoms with Crippen LogP contribution in [0.3, 0.4) is 0 Å². The topological polar surface area (TPSA) is 46.3 Å². The maximum atomic E-state index is 12.3. The fourth-order valence-corrected chi connectivity index (χ4v) is 2.88. The van der Waals surface area contributed by atoms with E-state index in [4.69, 9.17) is 17.3 Å². The van der Waals surface area contributed by atoms with E-state index in [1.54, 1.807) is 0 Å². The molecular weight excluding hydrogens is 260 g/mol. The molecular formula is C15H21ClN2O. The van der Waals surface area contributed by atoms with Crippen molar-refractivity contribution in [3.05, 3.63) is 34.3 Å². The number of carbonyl (C=O) groups excluding carboxylic acids is 1. The van der Waals surface area contributed by atoms with Crippen LogP contribution in [0.15, 0.2) is 18.2 Å². The summed E-state index contributed by atoms with van der Waals surface area (Å²) in [6, 6.07) is 5.49. The van der Waals surface area contributed by atoms with Gasteiger partial charge in [0.15, 0.2) is 0 Å². The quantitative estimate of drug-likeness (QED) is 0.925. The Labute approximate surface area is 119 Å². The highest BCUT2D eigenvalue weighted by Crippen LogP contribution is 2.26. The summed E-state index contributed by atoms with van der Waals surface area (Å²) < 4.78 is 0. The summed E-state index contributed by atoms with van der Waals surface area (Å²) >= 11 is 6.17. The standard InChI is InChI=1S/C15H21ClN2O/c1-10(2)8-14(17)15(19)18-7-6-12-11(9-18)4-3-5-13(12)16/h3-5,10,14H,6-9,17H2,1-2H3/t14-/m0/s1. The Balaban J connectivity index is 2.07. The van der Waals surface area contributed by atoms with Gasteiger partial charge in [-0.2, -0.15) is 0 Å². The molecule has 0 bridgehead atoms. The number of hydrogen-bond donors (Lipinski definition) is 1. The van der Waals surface area contributed by atoms with Gasteiger partial charge in [-0.1, -0.05) is 37.6 Å². The van der Waals surface area contributed by atoms with Gasteiger partial charge in [-0.15, -0.1) is 0 Å². The molecule has 1 atom stereocenters. The minimum atomic E-state index is -0.388. The van der Waals surface area contributed by atoms with Gasteiger partial charge in [-0.05, 0) is 36.0 Å². The van der Waals surface area contributed by atoms with Gasteiger partial charge < -0.3 is 10.6 Å². The molecule has 0 spiro atoms. The number of halogens is 1. The van der Waals surface area contributed by atoms with Crippen LogP contribution in [0.1, 0.15) is 31.4 Å². The molecule has 1 aliphatic heterocycles. The summed E-state index contributed by atoms with van der Waals surface area (Å²) in [5.41, 5.74) is 8.30. The predicted molar refractivity (Wildman–Crippen MR) is 78.0 cm³/mol. The smallest absolute Gasteiger partial charge is 0.239 e. The molecule has 1 heterocycles. The fourth-order valence-electron chi connectivity index (χ4n) is 2.59. The monoisotopic (exact) mass is 280 g/mol. The van der Waals surface area contributed by atoms with E-state index in [9.17, 15) is 4.79 Å². The normalized spacial score (nSPS) is 16.4. The van der Waals surface area contributed by atoms with Crippen molar-refractivity contribution in [1.82, 2.24) is 4.90 Å². The molecule has 0 saturated carbocycles. The zero-order valence-electron chi connectivity index (χ0n) is 11.5. The molecule has 19 heavy (non-hydrogen) atoms. The van der Waals surface area contributed by atoms with Gasteiger partial charge in [-0.3, -0.25) is 4.79 Å². The molecule has 0 aliphatic carbocycles. The second kappa shape index (κ2) is 5.93. The van der Waals surface area contributed by atoms with Gasteiger partial charge in [0.1, 0.15) is 0 Å². The molecule has 2 rings (SSSR count). The van der Waals surface area contributed by atoms with E-state index in [0.29, 0.717) is 19.0 Å². The number of carbonyl (C=O) groups is 1. The van der Waals surface area contributed by atoms with Crippen LogP contribution in [-0.4, -0.2) is 23.4 Å². The van der Waals surface area contributed by atoms with Gasteiger partial charge in [-0.25, -0.2) is 0 Å². The highest BCUT2D eigenvalue weighted by atomic mass is 35.5. The average molecular weight is 281 g/mol. The van der Waals surface area contributed by atoms with Crippen LogP contribution in [0.5, 0.6) is 0 Å². The van der Waals surface area contributed by atoms with E-state index in [1.807, 2.05) is 23.1 Å². The fraction of sp³-hybridized carbons (Fsp3) is 0.533. The minimum absolute atomic E-state index is 0.0549. The van der Waals surface area contributed by atoms with Crippen LogP contribution in [0.25, 0.3) is 0 Å². The third-order valence-electron chi connectivity index (χ3n) is 3.56. The van der Waals surface area contributed by atoms with Crippen molar-refractivity contribution in [2.24, 2.45) is 11.7 Å². The molecule has 0 unspecified atom stereocenters. The van der Waals surface area contributed by atoms with Crippen LogP contribution in [0.2, 0.25) is 5.02 Å². The first-order valence-electron chi connectivity index (χ1n) is 6.79. The van der Waals surface area contributed by atoms with Gasteiger partial charge in [0.25, 0.3) is 0 Å². The second-order valence-electron chi connectivity index (χ2n) is 5.62. The molecule has 4 heteroatoms. The molecule has 1 aromatic rings. The Morgan fingerprint density at radius 3 is 2.89 bits per heavy atom. The van der Waals surface area contributed by atoms with Gasteiger partial charge in [0.2, 0.25) is 5.91 Å². The first-order chi connectivity index (χ1) is 8.99. The Morgan fingerprint density at radius 1 is 1.47 bits per heavy atom. The molecule has 3 nitrogen and oxygen atoms in total. The maximum Gasteiger partial charge on any atom is 0.239 e. The summed E-state index contributed by atoms with van der Waals surface area (Å²) in [6.45, 7) is 5.50. The van der Waals surface area contributed by atoms with E-state index in [-0.39, 0.29) is 11.9 Å². The molecule has 1 aliphatic rings. The lowest BCUT2D eigenvalue weighted by Crippen LogP contribution is -2.46.